The topological polar surface area (TPSA) is 24.5 Å². The lowest BCUT2D eigenvalue weighted by Gasteiger charge is -2.42. The monoisotopic (exact) mass is 266 g/mol. The van der Waals surface area contributed by atoms with Gasteiger partial charge in [0.25, 0.3) is 0 Å². The summed E-state index contributed by atoms with van der Waals surface area (Å²) in [5.74, 6) is 0. The van der Waals surface area contributed by atoms with E-state index in [4.69, 9.17) is 4.74 Å². The molecule has 3 saturated heterocycles. The second-order valence-electron chi connectivity index (χ2n) is 7.08. The molecule has 0 aromatic rings. The molecule has 0 saturated carbocycles. The van der Waals surface area contributed by atoms with Crippen LogP contribution in [0.5, 0.6) is 0 Å². The van der Waals surface area contributed by atoms with Gasteiger partial charge in [-0.1, -0.05) is 6.92 Å². The largest absolute Gasteiger partial charge is 0.374 e. The minimum Gasteiger partial charge on any atom is -0.374 e. The van der Waals surface area contributed by atoms with Gasteiger partial charge < -0.3 is 10.1 Å². The second kappa shape index (κ2) is 5.71. The standard InChI is InChI=1S/C16H30N2O/c1-3-8-17-13-10-14-5-6-15(11-13)18(14)12-16(2)7-4-9-19-16/h13-15,17H,3-12H2,1-2H3. The lowest BCUT2D eigenvalue weighted by Crippen LogP contribution is -2.53. The zero-order valence-electron chi connectivity index (χ0n) is 12.7. The summed E-state index contributed by atoms with van der Waals surface area (Å²) in [6.07, 6.45) is 9.28. The van der Waals surface area contributed by atoms with Crippen molar-refractivity contribution in [2.45, 2.75) is 82.5 Å². The molecule has 3 fully saturated rings. The van der Waals surface area contributed by atoms with Crippen molar-refractivity contribution in [3.05, 3.63) is 0 Å². The molecular weight excluding hydrogens is 236 g/mol. The maximum atomic E-state index is 6.00. The first kappa shape index (κ1) is 13.8. The smallest absolute Gasteiger partial charge is 0.0781 e. The van der Waals surface area contributed by atoms with Crippen molar-refractivity contribution in [1.82, 2.24) is 10.2 Å². The number of rotatable bonds is 5. The zero-order chi connectivity index (χ0) is 13.3. The SMILES string of the molecule is CCCNC1CC2CCC(C1)N2CC1(C)CCCO1. The molecule has 0 amide bonds. The molecule has 110 valence electrons. The van der Waals surface area contributed by atoms with E-state index in [0.29, 0.717) is 0 Å². The van der Waals surface area contributed by atoms with Gasteiger partial charge in [0.1, 0.15) is 0 Å². The fourth-order valence-corrected chi connectivity index (χ4v) is 4.40. The number of ether oxygens (including phenoxy) is 1. The molecule has 3 atom stereocenters. The highest BCUT2D eigenvalue weighted by molar-refractivity contribution is 5.00. The Balaban J connectivity index is 1.57. The van der Waals surface area contributed by atoms with Gasteiger partial charge in [-0.15, -0.1) is 0 Å². The van der Waals surface area contributed by atoms with Crippen LogP contribution in [0, 0.1) is 0 Å². The summed E-state index contributed by atoms with van der Waals surface area (Å²) < 4.78 is 6.00. The molecule has 3 aliphatic rings. The van der Waals surface area contributed by atoms with Gasteiger partial charge in [-0.25, -0.2) is 0 Å². The lowest BCUT2D eigenvalue weighted by molar-refractivity contribution is -0.0312. The highest BCUT2D eigenvalue weighted by Gasteiger charge is 2.44. The highest BCUT2D eigenvalue weighted by atomic mass is 16.5. The van der Waals surface area contributed by atoms with E-state index in [1.165, 1.54) is 58.0 Å². The summed E-state index contributed by atoms with van der Waals surface area (Å²) in [7, 11) is 0. The number of nitrogens with zero attached hydrogens (tertiary/aromatic N) is 1. The molecule has 0 aromatic carbocycles. The molecule has 19 heavy (non-hydrogen) atoms. The predicted molar refractivity (Wildman–Crippen MR) is 78.4 cm³/mol. The first-order valence-corrected chi connectivity index (χ1v) is 8.33. The fraction of sp³-hybridized carbons (Fsp3) is 1.00. The fourth-order valence-electron chi connectivity index (χ4n) is 4.40. The third kappa shape index (κ3) is 2.98. The molecule has 3 unspecified atom stereocenters. The van der Waals surface area contributed by atoms with Gasteiger partial charge in [-0.05, 0) is 58.4 Å². The van der Waals surface area contributed by atoms with Gasteiger partial charge >= 0.3 is 0 Å². The van der Waals surface area contributed by atoms with E-state index in [1.807, 2.05) is 0 Å². The van der Waals surface area contributed by atoms with Crippen LogP contribution < -0.4 is 5.32 Å². The van der Waals surface area contributed by atoms with E-state index in [-0.39, 0.29) is 5.60 Å². The number of piperidine rings is 1. The molecular formula is C16H30N2O. The van der Waals surface area contributed by atoms with Crippen molar-refractivity contribution in [2.24, 2.45) is 0 Å². The molecule has 3 aliphatic heterocycles. The summed E-state index contributed by atoms with van der Waals surface area (Å²) in [5.41, 5.74) is 0.143. The predicted octanol–water partition coefficient (Wildman–Crippen LogP) is 2.55. The van der Waals surface area contributed by atoms with Crippen molar-refractivity contribution >= 4 is 0 Å². The van der Waals surface area contributed by atoms with E-state index in [0.717, 1.165) is 24.7 Å². The van der Waals surface area contributed by atoms with Crippen molar-refractivity contribution < 1.29 is 4.74 Å². The van der Waals surface area contributed by atoms with Gasteiger partial charge in [0.2, 0.25) is 0 Å². The molecule has 0 aromatic heterocycles. The van der Waals surface area contributed by atoms with Crippen LogP contribution in [0.1, 0.15) is 58.8 Å². The van der Waals surface area contributed by atoms with Crippen molar-refractivity contribution in [1.29, 1.82) is 0 Å². The van der Waals surface area contributed by atoms with Crippen LogP contribution in [-0.4, -0.2) is 48.3 Å². The molecule has 3 heteroatoms. The second-order valence-corrected chi connectivity index (χ2v) is 7.08. The molecule has 0 aliphatic carbocycles. The Morgan fingerprint density at radius 3 is 2.58 bits per heavy atom. The van der Waals surface area contributed by atoms with E-state index >= 15 is 0 Å². The Labute approximate surface area is 118 Å². The van der Waals surface area contributed by atoms with Crippen molar-refractivity contribution in [3.63, 3.8) is 0 Å². The van der Waals surface area contributed by atoms with Crippen LogP contribution in [0.2, 0.25) is 0 Å². The minimum atomic E-state index is 0.143. The van der Waals surface area contributed by atoms with Gasteiger partial charge in [0, 0.05) is 31.3 Å². The number of hydrogen-bond acceptors (Lipinski definition) is 3. The Bertz CT molecular complexity index is 287. The first-order chi connectivity index (χ1) is 9.20. The number of hydrogen-bond donors (Lipinski definition) is 1. The van der Waals surface area contributed by atoms with Gasteiger partial charge in [0.05, 0.1) is 5.60 Å². The molecule has 3 rings (SSSR count). The molecule has 2 bridgehead atoms. The van der Waals surface area contributed by atoms with E-state index in [9.17, 15) is 0 Å². The van der Waals surface area contributed by atoms with Crippen LogP contribution in [0.15, 0.2) is 0 Å². The first-order valence-electron chi connectivity index (χ1n) is 8.33. The van der Waals surface area contributed by atoms with Gasteiger partial charge in [-0.2, -0.15) is 0 Å². The normalized spacial score (nSPS) is 42.9. The van der Waals surface area contributed by atoms with Crippen LogP contribution in [-0.2, 0) is 4.74 Å². The van der Waals surface area contributed by atoms with Crippen LogP contribution >= 0.6 is 0 Å². The highest BCUT2D eigenvalue weighted by Crippen LogP contribution is 2.38. The van der Waals surface area contributed by atoms with Gasteiger partial charge in [-0.3, -0.25) is 4.90 Å². The van der Waals surface area contributed by atoms with Crippen LogP contribution in [0.3, 0.4) is 0 Å². The Morgan fingerprint density at radius 2 is 2.00 bits per heavy atom. The average molecular weight is 266 g/mol. The Hall–Kier alpha value is -0.120. The lowest BCUT2D eigenvalue weighted by atomic mass is 9.94. The minimum absolute atomic E-state index is 0.143. The zero-order valence-corrected chi connectivity index (χ0v) is 12.7. The van der Waals surface area contributed by atoms with E-state index in [2.05, 4.69) is 24.1 Å². The van der Waals surface area contributed by atoms with Gasteiger partial charge in [0.15, 0.2) is 0 Å². The summed E-state index contributed by atoms with van der Waals surface area (Å²) in [4.78, 5) is 2.79. The molecule has 0 radical (unpaired) electrons. The third-order valence-corrected chi connectivity index (χ3v) is 5.38. The number of fused-ring (bicyclic) bond motifs is 2. The maximum Gasteiger partial charge on any atom is 0.0781 e. The van der Waals surface area contributed by atoms with Crippen LogP contribution in [0.4, 0.5) is 0 Å². The molecule has 3 heterocycles. The summed E-state index contributed by atoms with van der Waals surface area (Å²) >= 11 is 0. The summed E-state index contributed by atoms with van der Waals surface area (Å²) in [6, 6.07) is 2.40. The van der Waals surface area contributed by atoms with Crippen LogP contribution in [0.25, 0.3) is 0 Å². The Morgan fingerprint density at radius 1 is 1.26 bits per heavy atom. The van der Waals surface area contributed by atoms with E-state index in [1.54, 1.807) is 0 Å². The average Bonchev–Trinajstić information content (AvgIpc) is 2.90. The van der Waals surface area contributed by atoms with Crippen molar-refractivity contribution in [3.8, 4) is 0 Å². The van der Waals surface area contributed by atoms with Crippen molar-refractivity contribution in [2.75, 3.05) is 19.7 Å². The Kier molecular flexibility index (Phi) is 4.16. The third-order valence-electron chi connectivity index (χ3n) is 5.38. The number of nitrogens with one attached hydrogen (secondary N) is 1. The summed E-state index contributed by atoms with van der Waals surface area (Å²) in [5, 5.41) is 3.74. The molecule has 3 nitrogen and oxygen atoms in total. The maximum absolute atomic E-state index is 6.00. The molecule has 1 N–H and O–H groups in total. The molecule has 0 spiro atoms. The van der Waals surface area contributed by atoms with E-state index < -0.39 is 0 Å². The quantitative estimate of drug-likeness (QED) is 0.827. The summed E-state index contributed by atoms with van der Waals surface area (Å²) in [6.45, 7) is 7.91.